The number of likely N-dealkylation sites (tertiary alicyclic amines) is 1. The van der Waals surface area contributed by atoms with E-state index < -0.39 is 5.60 Å². The van der Waals surface area contributed by atoms with Crippen molar-refractivity contribution in [3.63, 3.8) is 0 Å². The maximum absolute atomic E-state index is 13.3. The normalized spacial score (nSPS) is 20.1. The first kappa shape index (κ1) is 37.0. The molecular weight excluding hydrogens is 641 g/mol. The molecule has 1 aliphatic carbocycles. The van der Waals surface area contributed by atoms with Crippen LogP contribution in [0.25, 0.3) is 11.0 Å². The van der Waals surface area contributed by atoms with E-state index in [0.717, 1.165) is 62.8 Å². The number of hydrogen-bond donors (Lipinski definition) is 1. The van der Waals surface area contributed by atoms with Crippen LogP contribution in [-0.4, -0.2) is 106 Å². The number of aromatic nitrogens is 3. The van der Waals surface area contributed by atoms with E-state index >= 15 is 0 Å². The van der Waals surface area contributed by atoms with Crippen LogP contribution in [0, 0.1) is 11.7 Å². The summed E-state index contributed by atoms with van der Waals surface area (Å²) in [6.07, 6.45) is 10.4. The van der Waals surface area contributed by atoms with Crippen LogP contribution in [0.15, 0.2) is 36.5 Å². The summed E-state index contributed by atoms with van der Waals surface area (Å²) in [6, 6.07) is 7.73. The number of nitrogens with one attached hydrogen (secondary N) is 1. The predicted molar refractivity (Wildman–Crippen MR) is 190 cm³/mol. The molecule has 3 aliphatic rings. The zero-order valence-corrected chi connectivity index (χ0v) is 29.9. The number of rotatable bonds is 8. The third kappa shape index (κ3) is 10.4. The van der Waals surface area contributed by atoms with E-state index in [-0.39, 0.29) is 23.9 Å². The van der Waals surface area contributed by atoms with E-state index in [9.17, 15) is 18.8 Å². The van der Waals surface area contributed by atoms with Gasteiger partial charge in [-0.2, -0.15) is 0 Å². The quantitative estimate of drug-likeness (QED) is 0.280. The number of imidazole rings is 1. The van der Waals surface area contributed by atoms with Crippen LogP contribution in [0.3, 0.4) is 0 Å². The van der Waals surface area contributed by atoms with Crippen molar-refractivity contribution in [2.24, 2.45) is 5.92 Å². The molecule has 0 bridgehead atoms. The zero-order chi connectivity index (χ0) is 35.7. The number of anilines is 1. The van der Waals surface area contributed by atoms with Crippen molar-refractivity contribution >= 4 is 35.4 Å². The molecule has 4 heterocycles. The minimum Gasteiger partial charge on any atom is -0.476 e. The van der Waals surface area contributed by atoms with Gasteiger partial charge in [0.15, 0.2) is 0 Å². The van der Waals surface area contributed by atoms with Gasteiger partial charge in [-0.25, -0.2) is 19.2 Å². The number of ether oxygens (including phenoxy) is 2. The predicted octanol–water partition coefficient (Wildman–Crippen LogP) is 6.13. The van der Waals surface area contributed by atoms with Crippen LogP contribution in [0.1, 0.15) is 89.0 Å². The third-order valence-electron chi connectivity index (χ3n) is 9.45. The number of carbonyl (C=O) groups is 3. The Morgan fingerprint density at radius 1 is 0.980 bits per heavy atom. The van der Waals surface area contributed by atoms with E-state index in [2.05, 4.69) is 26.7 Å². The summed E-state index contributed by atoms with van der Waals surface area (Å²) in [5, 5.41) is 2.97. The van der Waals surface area contributed by atoms with Crippen molar-refractivity contribution in [1.82, 2.24) is 29.2 Å². The molecule has 0 atom stereocenters. The minimum atomic E-state index is -0.459. The van der Waals surface area contributed by atoms with Gasteiger partial charge in [0.1, 0.15) is 23.5 Å². The Balaban J connectivity index is 0.000000273. The molecule has 12 nitrogen and oxygen atoms in total. The van der Waals surface area contributed by atoms with Gasteiger partial charge < -0.3 is 23.8 Å². The maximum Gasteiger partial charge on any atom is 0.410 e. The summed E-state index contributed by atoms with van der Waals surface area (Å²) in [6.45, 7) is 13.9. The SMILES string of the molecule is CC(C)(C)OC(=O)N1CCN(C=O)CC1.CC1CCC(n2c(NC(=O)c3ccc(F)cc3)nc3cnc(OCCN4CCCCC4)cc32)CC1. The number of halogens is 1. The van der Waals surface area contributed by atoms with Gasteiger partial charge in [0.05, 0.1) is 11.7 Å². The van der Waals surface area contributed by atoms with Gasteiger partial charge in [0.2, 0.25) is 18.2 Å². The summed E-state index contributed by atoms with van der Waals surface area (Å²) in [7, 11) is 0. The molecule has 2 aromatic heterocycles. The van der Waals surface area contributed by atoms with Crippen molar-refractivity contribution in [2.75, 3.05) is 57.7 Å². The maximum atomic E-state index is 13.3. The molecular formula is C37H52FN7O5. The van der Waals surface area contributed by atoms with Crippen molar-refractivity contribution in [3.05, 3.63) is 47.9 Å². The fourth-order valence-electron chi connectivity index (χ4n) is 6.59. The Bertz CT molecular complexity index is 1570. The van der Waals surface area contributed by atoms with Gasteiger partial charge in [-0.15, -0.1) is 0 Å². The van der Waals surface area contributed by atoms with Crippen LogP contribution in [0.5, 0.6) is 5.88 Å². The number of amides is 3. The molecule has 1 saturated carbocycles. The average molecular weight is 694 g/mol. The first-order chi connectivity index (χ1) is 24.0. The molecule has 3 aromatic rings. The molecule has 6 rings (SSSR count). The second-order valence-electron chi connectivity index (χ2n) is 14.6. The van der Waals surface area contributed by atoms with Crippen LogP contribution in [0.4, 0.5) is 15.1 Å². The Morgan fingerprint density at radius 2 is 1.66 bits per heavy atom. The van der Waals surface area contributed by atoms with Crippen LogP contribution in [0.2, 0.25) is 0 Å². The van der Waals surface area contributed by atoms with Gasteiger partial charge in [0.25, 0.3) is 5.91 Å². The molecule has 0 spiro atoms. The highest BCUT2D eigenvalue weighted by atomic mass is 19.1. The van der Waals surface area contributed by atoms with Crippen molar-refractivity contribution < 1.29 is 28.2 Å². The van der Waals surface area contributed by atoms with Crippen molar-refractivity contribution in [1.29, 1.82) is 0 Å². The number of carbonyl (C=O) groups excluding carboxylic acids is 3. The van der Waals surface area contributed by atoms with E-state index in [1.165, 1.54) is 43.5 Å². The van der Waals surface area contributed by atoms with Crippen LogP contribution >= 0.6 is 0 Å². The summed E-state index contributed by atoms with van der Waals surface area (Å²) >= 11 is 0. The highest BCUT2D eigenvalue weighted by Gasteiger charge is 2.27. The summed E-state index contributed by atoms with van der Waals surface area (Å²) < 4.78 is 26.7. The molecule has 2 saturated heterocycles. The van der Waals surface area contributed by atoms with Gasteiger partial charge in [-0.3, -0.25) is 19.8 Å². The monoisotopic (exact) mass is 693 g/mol. The van der Waals surface area contributed by atoms with Gasteiger partial charge in [-0.1, -0.05) is 13.3 Å². The Morgan fingerprint density at radius 3 is 2.30 bits per heavy atom. The van der Waals surface area contributed by atoms with Crippen molar-refractivity contribution in [2.45, 2.75) is 84.3 Å². The molecule has 272 valence electrons. The summed E-state index contributed by atoms with van der Waals surface area (Å²) in [5.74, 6) is 1.10. The van der Waals surface area contributed by atoms with E-state index in [1.807, 2.05) is 26.8 Å². The number of piperidine rings is 1. The first-order valence-electron chi connectivity index (χ1n) is 18.0. The summed E-state index contributed by atoms with van der Waals surface area (Å²) in [5.41, 5.74) is 1.57. The number of pyridine rings is 1. The first-order valence-corrected chi connectivity index (χ1v) is 18.0. The van der Waals surface area contributed by atoms with E-state index in [0.29, 0.717) is 56.1 Å². The fraction of sp³-hybridized carbons (Fsp3) is 0.595. The van der Waals surface area contributed by atoms with Gasteiger partial charge in [-0.05, 0) is 103 Å². The van der Waals surface area contributed by atoms with E-state index in [4.69, 9.17) is 14.5 Å². The number of piperazine rings is 1. The fourth-order valence-corrected chi connectivity index (χ4v) is 6.59. The van der Waals surface area contributed by atoms with Gasteiger partial charge >= 0.3 is 6.09 Å². The zero-order valence-electron chi connectivity index (χ0n) is 29.9. The largest absolute Gasteiger partial charge is 0.476 e. The number of benzene rings is 1. The van der Waals surface area contributed by atoms with E-state index in [1.54, 1.807) is 16.0 Å². The Hall–Kier alpha value is -4.26. The summed E-state index contributed by atoms with van der Waals surface area (Å²) in [4.78, 5) is 49.9. The minimum absolute atomic E-state index is 0.239. The number of nitrogens with zero attached hydrogens (tertiary/aromatic N) is 6. The molecule has 3 fully saturated rings. The Kier molecular flexibility index (Phi) is 12.7. The average Bonchev–Trinajstić information content (AvgIpc) is 3.46. The lowest BCUT2D eigenvalue weighted by Gasteiger charge is -2.33. The molecule has 2 aliphatic heterocycles. The second-order valence-corrected chi connectivity index (χ2v) is 14.6. The molecule has 0 unspecified atom stereocenters. The molecule has 13 heteroatoms. The Labute approximate surface area is 294 Å². The van der Waals surface area contributed by atoms with Gasteiger partial charge in [0, 0.05) is 50.4 Å². The van der Waals surface area contributed by atoms with Crippen LogP contribution < -0.4 is 10.1 Å². The molecule has 3 amide bonds. The number of fused-ring (bicyclic) bond motifs is 1. The number of hydrogen-bond acceptors (Lipinski definition) is 8. The topological polar surface area (TPSA) is 122 Å². The molecule has 1 N–H and O–H groups in total. The van der Waals surface area contributed by atoms with Crippen LogP contribution in [-0.2, 0) is 9.53 Å². The molecule has 1 aromatic carbocycles. The highest BCUT2D eigenvalue weighted by Crippen LogP contribution is 2.37. The second kappa shape index (κ2) is 17.1. The lowest BCUT2D eigenvalue weighted by Crippen LogP contribution is -2.49. The van der Waals surface area contributed by atoms with Crippen molar-refractivity contribution in [3.8, 4) is 5.88 Å². The third-order valence-corrected chi connectivity index (χ3v) is 9.45. The molecule has 0 radical (unpaired) electrons. The lowest BCUT2D eigenvalue weighted by molar-refractivity contribution is -0.119. The molecule has 50 heavy (non-hydrogen) atoms. The highest BCUT2D eigenvalue weighted by molar-refractivity contribution is 6.04. The lowest BCUT2D eigenvalue weighted by atomic mass is 9.87. The standard InChI is InChI=1S/C27H34FN5O2.C10H18N2O3/c1-19-5-11-22(12-6-19)33-24-17-25(35-16-15-32-13-3-2-4-14-32)29-18-23(24)30-27(33)31-26(34)20-7-9-21(28)10-8-20;1-10(2,3)15-9(14)12-6-4-11(8-13)5-7-12/h7-10,17-19,22H,2-6,11-16H2,1H3,(H,30,31,34);8H,4-7H2,1-3H3. The smallest absolute Gasteiger partial charge is 0.410 e.